The van der Waals surface area contributed by atoms with Crippen molar-refractivity contribution in [3.05, 3.63) is 46.0 Å². The van der Waals surface area contributed by atoms with Crippen molar-refractivity contribution in [2.24, 2.45) is 17.8 Å². The molecule has 6 nitrogen and oxygen atoms in total. The second kappa shape index (κ2) is 16.1. The first-order valence-electron chi connectivity index (χ1n) is 15.9. The number of phenols is 3. The number of carbonyl (C=O) groups is 1. The second-order valence-electron chi connectivity index (χ2n) is 13.4. The van der Waals surface area contributed by atoms with E-state index in [-0.39, 0.29) is 22.7 Å². The first-order chi connectivity index (χ1) is 19.6. The zero-order valence-corrected chi connectivity index (χ0v) is 27.3. The van der Waals surface area contributed by atoms with Gasteiger partial charge in [0.05, 0.1) is 0 Å². The van der Waals surface area contributed by atoms with Crippen LogP contribution in [0, 0.1) is 38.5 Å². The van der Waals surface area contributed by atoms with Crippen LogP contribution >= 0.6 is 0 Å². The number of benzene rings is 2. The molecule has 1 aliphatic heterocycles. The zero-order valence-electron chi connectivity index (χ0n) is 27.3. The van der Waals surface area contributed by atoms with Gasteiger partial charge >= 0.3 is 5.97 Å². The smallest absolute Gasteiger partial charge is 0.339 e. The van der Waals surface area contributed by atoms with Crippen LogP contribution in [0.3, 0.4) is 0 Å². The molecular weight excluding hydrogens is 528 g/mol. The summed E-state index contributed by atoms with van der Waals surface area (Å²) in [4.78, 5) is 10.3. The number of phenolic OH excluding ortho intramolecular Hbond substituents is 2. The van der Waals surface area contributed by atoms with E-state index in [0.717, 1.165) is 71.6 Å². The fourth-order valence-electron chi connectivity index (χ4n) is 5.97. The summed E-state index contributed by atoms with van der Waals surface area (Å²) in [6.45, 7) is 17.9. The minimum atomic E-state index is -1.27. The summed E-state index contributed by atoms with van der Waals surface area (Å²) in [6, 6.07) is 3.32. The first kappa shape index (κ1) is 35.3. The number of hydrogen-bond donors (Lipinski definition) is 4. The normalized spacial score (nSPS) is 17.5. The molecule has 0 radical (unpaired) electrons. The largest absolute Gasteiger partial charge is 0.508 e. The molecule has 2 aromatic carbocycles. The molecule has 2 aromatic rings. The molecule has 0 saturated carbocycles. The van der Waals surface area contributed by atoms with Gasteiger partial charge in [0.1, 0.15) is 34.2 Å². The minimum absolute atomic E-state index is 0.0712. The van der Waals surface area contributed by atoms with Gasteiger partial charge in [-0.2, -0.15) is 0 Å². The number of carboxylic acid groups (broad SMARTS) is 1. The maximum Gasteiger partial charge on any atom is 0.339 e. The molecule has 0 saturated heterocycles. The van der Waals surface area contributed by atoms with Crippen LogP contribution in [-0.4, -0.2) is 32.0 Å². The number of rotatable bonds is 13. The van der Waals surface area contributed by atoms with Gasteiger partial charge in [-0.15, -0.1) is 0 Å². The van der Waals surface area contributed by atoms with Crippen molar-refractivity contribution in [2.75, 3.05) is 0 Å². The Morgan fingerprint density at radius 2 is 1.43 bits per heavy atom. The highest BCUT2D eigenvalue weighted by atomic mass is 16.5. The average Bonchev–Trinajstić information content (AvgIpc) is 2.92. The van der Waals surface area contributed by atoms with Crippen molar-refractivity contribution in [3.63, 3.8) is 0 Å². The van der Waals surface area contributed by atoms with E-state index in [2.05, 4.69) is 41.5 Å². The number of aromatic hydroxyl groups is 3. The number of ether oxygens (including phenoxy) is 1. The lowest BCUT2D eigenvalue weighted by Crippen LogP contribution is -2.37. The quantitative estimate of drug-likeness (QED) is 0.175. The van der Waals surface area contributed by atoms with Crippen molar-refractivity contribution >= 4 is 5.97 Å². The molecule has 42 heavy (non-hydrogen) atoms. The van der Waals surface area contributed by atoms with E-state index in [1.165, 1.54) is 63.0 Å². The summed E-state index contributed by atoms with van der Waals surface area (Å²) in [6.07, 6.45) is 14.1. The number of hydrogen-bond acceptors (Lipinski definition) is 5. The molecule has 0 aromatic heterocycles. The Morgan fingerprint density at radius 1 is 0.857 bits per heavy atom. The third-order valence-corrected chi connectivity index (χ3v) is 9.08. The Balaban J connectivity index is 0.000000468. The van der Waals surface area contributed by atoms with E-state index < -0.39 is 5.97 Å². The van der Waals surface area contributed by atoms with Crippen molar-refractivity contribution < 1.29 is 30.0 Å². The molecule has 4 N–H and O–H groups in total. The van der Waals surface area contributed by atoms with Gasteiger partial charge in [0.25, 0.3) is 0 Å². The van der Waals surface area contributed by atoms with Gasteiger partial charge in [0, 0.05) is 5.56 Å². The van der Waals surface area contributed by atoms with Crippen LogP contribution in [0.1, 0.15) is 131 Å². The van der Waals surface area contributed by atoms with Gasteiger partial charge in [-0.25, -0.2) is 4.79 Å². The lowest BCUT2D eigenvalue weighted by molar-refractivity contribution is 0.0511. The van der Waals surface area contributed by atoms with Gasteiger partial charge in [0.15, 0.2) is 0 Å². The van der Waals surface area contributed by atoms with Gasteiger partial charge in [-0.05, 0) is 106 Å². The minimum Gasteiger partial charge on any atom is -0.508 e. The molecule has 0 unspecified atom stereocenters. The number of aromatic carboxylic acids is 1. The Bertz CT molecular complexity index is 1170. The molecule has 0 fully saturated rings. The van der Waals surface area contributed by atoms with Gasteiger partial charge in [-0.3, -0.25) is 0 Å². The highest BCUT2D eigenvalue weighted by Gasteiger charge is 2.34. The molecule has 236 valence electrons. The fourth-order valence-corrected chi connectivity index (χ4v) is 5.97. The monoisotopic (exact) mass is 584 g/mol. The molecule has 0 aliphatic carbocycles. The van der Waals surface area contributed by atoms with Crippen LogP contribution in [0.15, 0.2) is 18.2 Å². The predicted octanol–water partition coefficient (Wildman–Crippen LogP) is 9.64. The third kappa shape index (κ3) is 10.4. The summed E-state index contributed by atoms with van der Waals surface area (Å²) in [5, 5.41) is 36.5. The fraction of sp³-hybridized carbons (Fsp3) is 0.639. The van der Waals surface area contributed by atoms with Crippen molar-refractivity contribution in [1.82, 2.24) is 0 Å². The SMILES string of the molecule is Cc1c(C)c2c(c(C)c1O)CC[C@@](C)(CCC[C@H](C)CCC[C@H](C)CCCC(C)C)O2.O=C(O)c1cc(O)ccc1O. The molecule has 0 bridgehead atoms. The standard InChI is InChI=1S/C29H50O2.C7H6O4/c1-20(2)12-9-13-21(3)14-10-15-22(4)16-11-18-29(8)19-17-26-25(7)27(30)23(5)24(6)28(26)31-29;8-4-1-2-6(9)5(3-4)7(10)11/h20-22,30H,9-19H2,1-8H3;1-3,8-9H,(H,10,11)/t21-,22-,29-;/m1./s1. The molecule has 6 heteroatoms. The maximum atomic E-state index is 10.4. The average molecular weight is 585 g/mol. The van der Waals surface area contributed by atoms with Crippen LogP contribution in [0.4, 0.5) is 0 Å². The van der Waals surface area contributed by atoms with Crippen LogP contribution < -0.4 is 4.74 Å². The third-order valence-electron chi connectivity index (χ3n) is 9.08. The molecular formula is C36H56O6. The maximum absolute atomic E-state index is 10.4. The highest BCUT2D eigenvalue weighted by molar-refractivity contribution is 5.91. The Labute approximate surface area is 254 Å². The number of carboxylic acids is 1. The summed E-state index contributed by atoms with van der Waals surface area (Å²) < 4.78 is 6.60. The van der Waals surface area contributed by atoms with E-state index in [1.54, 1.807) is 0 Å². The van der Waals surface area contributed by atoms with Crippen LogP contribution in [0.2, 0.25) is 0 Å². The van der Waals surface area contributed by atoms with E-state index in [1.807, 2.05) is 13.8 Å². The van der Waals surface area contributed by atoms with Crippen LogP contribution in [0.25, 0.3) is 0 Å². The molecule has 1 heterocycles. The molecule has 1 aliphatic rings. The van der Waals surface area contributed by atoms with Gasteiger partial charge in [0.2, 0.25) is 0 Å². The van der Waals surface area contributed by atoms with Crippen molar-refractivity contribution in [1.29, 1.82) is 0 Å². The predicted molar refractivity (Wildman–Crippen MR) is 171 cm³/mol. The lowest BCUT2D eigenvalue weighted by Gasteiger charge is -2.38. The molecule has 0 amide bonds. The van der Waals surface area contributed by atoms with E-state index in [9.17, 15) is 9.90 Å². The van der Waals surface area contributed by atoms with E-state index in [0.29, 0.717) is 5.75 Å². The van der Waals surface area contributed by atoms with Crippen LogP contribution in [0.5, 0.6) is 23.0 Å². The van der Waals surface area contributed by atoms with Crippen molar-refractivity contribution in [3.8, 4) is 23.0 Å². The Morgan fingerprint density at radius 3 is 1.98 bits per heavy atom. The van der Waals surface area contributed by atoms with E-state index in [4.69, 9.17) is 20.1 Å². The van der Waals surface area contributed by atoms with Crippen LogP contribution in [-0.2, 0) is 6.42 Å². The van der Waals surface area contributed by atoms with Gasteiger partial charge < -0.3 is 25.2 Å². The number of fused-ring (bicyclic) bond motifs is 1. The summed E-state index contributed by atoms with van der Waals surface area (Å²) >= 11 is 0. The summed E-state index contributed by atoms with van der Waals surface area (Å²) in [7, 11) is 0. The molecule has 3 atom stereocenters. The van der Waals surface area contributed by atoms with E-state index >= 15 is 0 Å². The molecule has 3 rings (SSSR count). The zero-order chi connectivity index (χ0) is 31.6. The van der Waals surface area contributed by atoms with Gasteiger partial charge in [-0.1, -0.05) is 72.6 Å². The highest BCUT2D eigenvalue weighted by Crippen LogP contribution is 2.44. The summed E-state index contributed by atoms with van der Waals surface area (Å²) in [5.74, 6) is 2.24. The first-order valence-corrected chi connectivity index (χ1v) is 15.9. The Hall–Kier alpha value is -2.89. The topological polar surface area (TPSA) is 107 Å². The van der Waals surface area contributed by atoms with Crippen molar-refractivity contribution in [2.45, 2.75) is 132 Å². The summed E-state index contributed by atoms with van der Waals surface area (Å²) in [5.41, 5.74) is 3.93. The lowest BCUT2D eigenvalue weighted by atomic mass is 9.84. The second-order valence-corrected chi connectivity index (χ2v) is 13.4. The Kier molecular flexibility index (Phi) is 13.5. The molecule has 0 spiro atoms.